The Hall–Kier alpha value is -2.41. The molecule has 0 aromatic carbocycles. The predicted octanol–water partition coefficient (Wildman–Crippen LogP) is 1.99. The zero-order valence-corrected chi connectivity index (χ0v) is 10.8. The van der Waals surface area contributed by atoms with E-state index >= 15 is 0 Å². The molecule has 0 amide bonds. The zero-order valence-electron chi connectivity index (χ0n) is 10.0. The van der Waals surface area contributed by atoms with E-state index in [0.717, 1.165) is 16.6 Å². The Labute approximate surface area is 112 Å². The van der Waals surface area contributed by atoms with Crippen molar-refractivity contribution in [3.05, 3.63) is 41.3 Å². The van der Waals surface area contributed by atoms with Crippen LogP contribution in [-0.4, -0.2) is 30.2 Å². The van der Waals surface area contributed by atoms with Crippen LogP contribution in [0.2, 0.25) is 0 Å². The SMILES string of the molecule is Cc1cnn(-c2nc3sccn3c2/C=C/C(=O)O)c1. The molecule has 0 aliphatic carbocycles. The van der Waals surface area contributed by atoms with Crippen molar-refractivity contribution in [2.75, 3.05) is 0 Å². The van der Waals surface area contributed by atoms with Crippen molar-refractivity contribution in [1.29, 1.82) is 0 Å². The molecular formula is C12H10N4O2S. The van der Waals surface area contributed by atoms with Gasteiger partial charge in [0.25, 0.3) is 0 Å². The van der Waals surface area contributed by atoms with Gasteiger partial charge in [-0.2, -0.15) is 10.1 Å². The van der Waals surface area contributed by atoms with E-state index in [2.05, 4.69) is 10.1 Å². The van der Waals surface area contributed by atoms with E-state index in [4.69, 9.17) is 5.11 Å². The number of carboxylic acids is 1. The maximum atomic E-state index is 10.7. The first-order valence-corrected chi connectivity index (χ1v) is 6.41. The average molecular weight is 274 g/mol. The molecule has 6 nitrogen and oxygen atoms in total. The van der Waals surface area contributed by atoms with Gasteiger partial charge >= 0.3 is 5.97 Å². The molecular weight excluding hydrogens is 264 g/mol. The Balaban J connectivity index is 2.20. The minimum atomic E-state index is -0.993. The second-order valence-electron chi connectivity index (χ2n) is 4.01. The van der Waals surface area contributed by atoms with Crippen LogP contribution in [0.4, 0.5) is 0 Å². The fraction of sp³-hybridized carbons (Fsp3) is 0.0833. The van der Waals surface area contributed by atoms with E-state index in [1.165, 1.54) is 17.4 Å². The minimum Gasteiger partial charge on any atom is -0.478 e. The van der Waals surface area contributed by atoms with Crippen LogP contribution in [-0.2, 0) is 4.79 Å². The molecule has 0 fully saturated rings. The normalized spacial score (nSPS) is 11.6. The number of aryl methyl sites for hydroxylation is 1. The Bertz CT molecular complexity index is 781. The highest BCUT2D eigenvalue weighted by Crippen LogP contribution is 2.21. The molecule has 0 aliphatic heterocycles. The van der Waals surface area contributed by atoms with Crippen LogP contribution in [0.1, 0.15) is 11.3 Å². The Morgan fingerprint density at radius 3 is 3.05 bits per heavy atom. The molecule has 0 unspecified atom stereocenters. The highest BCUT2D eigenvalue weighted by molar-refractivity contribution is 7.15. The van der Waals surface area contributed by atoms with Crippen molar-refractivity contribution < 1.29 is 9.90 Å². The molecule has 0 saturated carbocycles. The second-order valence-corrected chi connectivity index (χ2v) is 4.88. The lowest BCUT2D eigenvalue weighted by Gasteiger charge is -1.98. The van der Waals surface area contributed by atoms with Crippen LogP contribution in [0.15, 0.2) is 30.0 Å². The zero-order chi connectivity index (χ0) is 13.4. The summed E-state index contributed by atoms with van der Waals surface area (Å²) in [7, 11) is 0. The summed E-state index contributed by atoms with van der Waals surface area (Å²) in [6.45, 7) is 1.94. The van der Waals surface area contributed by atoms with Gasteiger partial charge in [0.05, 0.1) is 11.9 Å². The summed E-state index contributed by atoms with van der Waals surface area (Å²) in [6.07, 6.45) is 8.07. The quantitative estimate of drug-likeness (QED) is 0.741. The molecule has 3 heterocycles. The fourth-order valence-electron chi connectivity index (χ4n) is 1.79. The Kier molecular flexibility index (Phi) is 2.68. The van der Waals surface area contributed by atoms with E-state index in [-0.39, 0.29) is 0 Å². The number of aliphatic carboxylic acids is 1. The third-order valence-electron chi connectivity index (χ3n) is 2.59. The van der Waals surface area contributed by atoms with E-state index in [1.54, 1.807) is 10.9 Å². The standard InChI is InChI=1S/C12H10N4O2S/c1-8-6-13-16(7-8)11-9(2-3-10(17)18)15-4-5-19-12(15)14-11/h2-7H,1H3,(H,17,18)/b3-2+. The molecule has 0 radical (unpaired) electrons. The van der Waals surface area contributed by atoms with Crippen molar-refractivity contribution >= 4 is 28.3 Å². The number of carbonyl (C=O) groups is 1. The average Bonchev–Trinajstić information content (AvgIpc) is 3.00. The van der Waals surface area contributed by atoms with Gasteiger partial charge in [-0.05, 0) is 18.6 Å². The molecule has 3 rings (SSSR count). The first-order chi connectivity index (χ1) is 9.15. The number of nitrogens with zero attached hydrogens (tertiary/aromatic N) is 4. The first kappa shape index (κ1) is 11.7. The molecule has 0 bridgehead atoms. The maximum Gasteiger partial charge on any atom is 0.328 e. The number of aromatic nitrogens is 4. The van der Waals surface area contributed by atoms with Gasteiger partial charge in [-0.25, -0.2) is 9.48 Å². The summed E-state index contributed by atoms with van der Waals surface area (Å²) in [4.78, 5) is 16.0. The summed E-state index contributed by atoms with van der Waals surface area (Å²) in [5.41, 5.74) is 1.71. The molecule has 3 aromatic heterocycles. The van der Waals surface area contributed by atoms with Gasteiger partial charge in [-0.3, -0.25) is 4.40 Å². The number of hydrogen-bond donors (Lipinski definition) is 1. The number of fused-ring (bicyclic) bond motifs is 1. The number of rotatable bonds is 3. The monoisotopic (exact) mass is 274 g/mol. The molecule has 19 heavy (non-hydrogen) atoms. The van der Waals surface area contributed by atoms with E-state index in [0.29, 0.717) is 11.5 Å². The third kappa shape index (κ3) is 2.04. The van der Waals surface area contributed by atoms with Crippen LogP contribution < -0.4 is 0 Å². The second kappa shape index (κ2) is 4.36. The largest absolute Gasteiger partial charge is 0.478 e. The van der Waals surface area contributed by atoms with Crippen molar-refractivity contribution in [2.45, 2.75) is 6.92 Å². The molecule has 3 aromatic rings. The minimum absolute atomic E-state index is 0.623. The Morgan fingerprint density at radius 2 is 2.37 bits per heavy atom. The van der Waals surface area contributed by atoms with Crippen molar-refractivity contribution in [1.82, 2.24) is 19.2 Å². The van der Waals surface area contributed by atoms with Gasteiger partial charge in [0.15, 0.2) is 10.8 Å². The number of carboxylic acid groups (broad SMARTS) is 1. The van der Waals surface area contributed by atoms with Crippen LogP contribution >= 0.6 is 11.3 Å². The van der Waals surface area contributed by atoms with Crippen LogP contribution in [0.25, 0.3) is 16.9 Å². The topological polar surface area (TPSA) is 72.4 Å². The van der Waals surface area contributed by atoms with E-state index in [9.17, 15) is 4.79 Å². The number of hydrogen-bond acceptors (Lipinski definition) is 4. The summed E-state index contributed by atoms with van der Waals surface area (Å²) >= 11 is 1.49. The van der Waals surface area contributed by atoms with Gasteiger partial charge < -0.3 is 5.11 Å². The van der Waals surface area contributed by atoms with Crippen molar-refractivity contribution in [3.8, 4) is 5.82 Å². The smallest absolute Gasteiger partial charge is 0.328 e. The van der Waals surface area contributed by atoms with Gasteiger partial charge in [0.2, 0.25) is 0 Å². The Morgan fingerprint density at radius 1 is 1.53 bits per heavy atom. The molecule has 0 saturated heterocycles. The summed E-state index contributed by atoms with van der Waals surface area (Å²) in [5.74, 6) is -0.370. The van der Waals surface area contributed by atoms with Crippen molar-refractivity contribution in [3.63, 3.8) is 0 Å². The number of thiazole rings is 1. The lowest BCUT2D eigenvalue weighted by atomic mass is 10.3. The van der Waals surface area contributed by atoms with E-state index in [1.807, 2.05) is 29.1 Å². The fourth-order valence-corrected chi connectivity index (χ4v) is 2.51. The highest BCUT2D eigenvalue weighted by Gasteiger charge is 2.13. The summed E-state index contributed by atoms with van der Waals surface area (Å²) in [5, 5.41) is 14.9. The maximum absolute atomic E-state index is 10.7. The van der Waals surface area contributed by atoms with Crippen LogP contribution in [0.5, 0.6) is 0 Å². The van der Waals surface area contributed by atoms with Gasteiger partial charge in [-0.15, -0.1) is 11.3 Å². The van der Waals surface area contributed by atoms with Crippen LogP contribution in [0.3, 0.4) is 0 Å². The molecule has 7 heteroatoms. The molecule has 0 aliphatic rings. The lowest BCUT2D eigenvalue weighted by molar-refractivity contribution is -0.131. The van der Waals surface area contributed by atoms with Crippen molar-refractivity contribution in [2.24, 2.45) is 0 Å². The molecule has 0 atom stereocenters. The van der Waals surface area contributed by atoms with Gasteiger partial charge in [-0.1, -0.05) is 0 Å². The summed E-state index contributed by atoms with van der Waals surface area (Å²) < 4.78 is 3.49. The predicted molar refractivity (Wildman–Crippen MR) is 71.6 cm³/mol. The molecule has 0 spiro atoms. The van der Waals surface area contributed by atoms with E-state index < -0.39 is 5.97 Å². The first-order valence-electron chi connectivity index (χ1n) is 5.53. The molecule has 1 N–H and O–H groups in total. The van der Waals surface area contributed by atoms with Crippen LogP contribution in [0, 0.1) is 6.92 Å². The number of imidazole rings is 1. The summed E-state index contributed by atoms with van der Waals surface area (Å²) in [6, 6.07) is 0. The highest BCUT2D eigenvalue weighted by atomic mass is 32.1. The van der Waals surface area contributed by atoms with Gasteiger partial charge in [0.1, 0.15) is 0 Å². The molecule has 96 valence electrons. The third-order valence-corrected chi connectivity index (χ3v) is 3.35. The van der Waals surface area contributed by atoms with Gasteiger partial charge in [0, 0.05) is 23.8 Å². The lowest BCUT2D eigenvalue weighted by Crippen LogP contribution is -1.98.